The predicted octanol–water partition coefficient (Wildman–Crippen LogP) is 3.04. The summed E-state index contributed by atoms with van der Waals surface area (Å²) in [5.41, 5.74) is 0. The fraction of sp³-hybridized carbons (Fsp3) is 0. The van der Waals surface area contributed by atoms with Crippen molar-refractivity contribution in [2.24, 2.45) is 0 Å². The lowest BCUT2D eigenvalue weighted by Gasteiger charge is -2.20. The third kappa shape index (κ3) is 4.49. The van der Waals surface area contributed by atoms with Crippen LogP contribution in [0.3, 0.4) is 0 Å². The van der Waals surface area contributed by atoms with Gasteiger partial charge in [-0.3, -0.25) is 0 Å². The Labute approximate surface area is 90.6 Å². The molecule has 0 aromatic rings. The summed E-state index contributed by atoms with van der Waals surface area (Å²) in [7, 11) is -1.88. The van der Waals surface area contributed by atoms with Gasteiger partial charge in [-0.25, -0.2) is 0 Å². The maximum Gasteiger partial charge on any atom is 0.578 e. The Morgan fingerprint density at radius 3 is 1.00 bits per heavy atom. The highest BCUT2D eigenvalue weighted by atomic mass is 35.9. The number of hydrogen-bond acceptors (Lipinski definition) is 1. The van der Waals surface area contributed by atoms with Crippen LogP contribution >= 0.6 is 66.5 Å². The Bertz CT molecular complexity index is 99.9. The zero-order chi connectivity index (χ0) is 8.58. The van der Waals surface area contributed by atoms with Crippen molar-refractivity contribution < 1.29 is 4.55 Å². The van der Waals surface area contributed by atoms with Crippen LogP contribution in [0, 0.1) is 0 Å². The van der Waals surface area contributed by atoms with E-state index in [9.17, 15) is 4.55 Å². The fourth-order valence-corrected chi connectivity index (χ4v) is 31.9. The summed E-state index contributed by atoms with van der Waals surface area (Å²) >= 11 is 31.9. The minimum atomic E-state index is -3.34. The van der Waals surface area contributed by atoms with Crippen LogP contribution in [-0.2, 0) is 10.1 Å². The van der Waals surface area contributed by atoms with E-state index in [4.69, 9.17) is 66.5 Å². The Morgan fingerprint density at radius 1 is 0.800 bits per heavy atom. The molecule has 0 fully saturated rings. The molecule has 0 unspecified atom stereocenters. The maximum atomic E-state index is 10.9. The van der Waals surface area contributed by atoms with Crippen molar-refractivity contribution >= 4 is 86.9 Å². The van der Waals surface area contributed by atoms with Gasteiger partial charge in [-0.15, -0.1) is 0 Å². The molecule has 10 heteroatoms. The zero-order valence-electron chi connectivity index (χ0n) is 4.08. The van der Waals surface area contributed by atoms with Crippen LogP contribution < -0.4 is 0 Å². The number of rotatable bonds is 2. The summed E-state index contributed by atoms with van der Waals surface area (Å²) < 4.78 is 10.9. The SMILES string of the molecule is [O-][S+]([Si](Cl)(Cl)Cl)[Si](Cl)(Cl)Cl. The average molecular weight is 317 g/mol. The average Bonchev–Trinajstić information content (AvgIpc) is 1.59. The van der Waals surface area contributed by atoms with Crippen molar-refractivity contribution in [2.75, 3.05) is 0 Å². The molecule has 0 heterocycles. The van der Waals surface area contributed by atoms with E-state index < -0.39 is 20.4 Å². The molecule has 0 amide bonds. The zero-order valence-corrected chi connectivity index (χ0v) is 11.4. The van der Waals surface area contributed by atoms with Gasteiger partial charge in [-0.2, -0.15) is 0 Å². The molecular formula is Cl6OSSi2. The molecule has 0 saturated heterocycles. The molecule has 0 aromatic heterocycles. The molecule has 0 bridgehead atoms. The van der Waals surface area contributed by atoms with Gasteiger partial charge in [0.2, 0.25) is 0 Å². The van der Waals surface area contributed by atoms with Crippen LogP contribution in [-0.4, -0.2) is 14.9 Å². The molecule has 0 spiro atoms. The van der Waals surface area contributed by atoms with Gasteiger partial charge >= 0.3 is 10.3 Å². The van der Waals surface area contributed by atoms with Gasteiger partial charge in [0, 0.05) is 0 Å². The van der Waals surface area contributed by atoms with Gasteiger partial charge < -0.3 is 4.55 Å². The van der Waals surface area contributed by atoms with E-state index in [1.54, 1.807) is 0 Å². The fourth-order valence-electron chi connectivity index (χ4n) is 0.131. The van der Waals surface area contributed by atoms with E-state index in [0.717, 1.165) is 0 Å². The molecule has 0 aliphatic rings. The summed E-state index contributed by atoms with van der Waals surface area (Å²) in [5, 5.41) is -6.68. The highest BCUT2D eigenvalue weighted by Crippen LogP contribution is 2.39. The molecule has 0 aliphatic carbocycles. The molecule has 0 aromatic carbocycles. The predicted molar refractivity (Wildman–Crippen MR) is 54.8 cm³/mol. The third-order valence-electron chi connectivity index (χ3n) is 0.420. The monoisotopic (exact) mass is 314 g/mol. The summed E-state index contributed by atoms with van der Waals surface area (Å²) in [5.74, 6) is 0. The van der Waals surface area contributed by atoms with Crippen molar-refractivity contribution in [3.05, 3.63) is 0 Å². The number of hydrogen-bond donors (Lipinski definition) is 0. The first kappa shape index (κ1) is 12.5. The third-order valence-corrected chi connectivity index (χ3v) is 23.9. The second-order valence-electron chi connectivity index (χ2n) is 1.16. The first-order valence-electron chi connectivity index (χ1n) is 1.71. The van der Waals surface area contributed by atoms with Gasteiger partial charge in [0.15, 0.2) is 0 Å². The molecule has 1 nitrogen and oxygen atoms in total. The first-order chi connectivity index (χ1) is 4.15. The van der Waals surface area contributed by atoms with Crippen molar-refractivity contribution in [3.8, 4) is 0 Å². The molecule has 0 aliphatic heterocycles. The summed E-state index contributed by atoms with van der Waals surface area (Å²) in [4.78, 5) is 0. The largest absolute Gasteiger partial charge is 0.641 e. The summed E-state index contributed by atoms with van der Waals surface area (Å²) in [6.07, 6.45) is 0. The summed E-state index contributed by atoms with van der Waals surface area (Å²) in [6, 6.07) is 0. The topological polar surface area (TPSA) is 23.1 Å². The van der Waals surface area contributed by atoms with Crippen LogP contribution in [0.25, 0.3) is 0 Å². The standard InChI is InChI=1S/Cl6OSSi2/c1-9(2,3)8(7)10(4,5)6. The molecule has 0 radical (unpaired) electrons. The lowest BCUT2D eigenvalue weighted by Crippen LogP contribution is -2.40. The highest BCUT2D eigenvalue weighted by Gasteiger charge is 2.57. The second-order valence-corrected chi connectivity index (χ2v) is 28.3. The minimum Gasteiger partial charge on any atom is -0.641 e. The Kier molecular flexibility index (Phi) is 5.15. The minimum absolute atomic E-state index is 1.88. The quantitative estimate of drug-likeness (QED) is 0.436. The molecule has 0 N–H and O–H groups in total. The molecule has 0 rings (SSSR count). The number of halogens is 6. The van der Waals surface area contributed by atoms with Crippen LogP contribution in [0.4, 0.5) is 0 Å². The molecule has 10 heavy (non-hydrogen) atoms. The van der Waals surface area contributed by atoms with E-state index in [2.05, 4.69) is 0 Å². The van der Waals surface area contributed by atoms with Crippen molar-refractivity contribution in [3.63, 3.8) is 0 Å². The van der Waals surface area contributed by atoms with Crippen LogP contribution in [0.1, 0.15) is 0 Å². The van der Waals surface area contributed by atoms with E-state index >= 15 is 0 Å². The molecular weight excluding hydrogens is 317 g/mol. The Hall–Kier alpha value is 2.48. The smallest absolute Gasteiger partial charge is 0.578 e. The van der Waals surface area contributed by atoms with Gasteiger partial charge in [0.25, 0.3) is 0 Å². The van der Waals surface area contributed by atoms with Crippen molar-refractivity contribution in [2.45, 2.75) is 0 Å². The Morgan fingerprint density at radius 2 is 1.00 bits per heavy atom. The van der Waals surface area contributed by atoms with Crippen LogP contribution in [0.2, 0.25) is 0 Å². The second kappa shape index (κ2) is 4.13. The van der Waals surface area contributed by atoms with Gasteiger partial charge in [-0.1, -0.05) is 76.5 Å². The summed E-state index contributed by atoms with van der Waals surface area (Å²) in [6.45, 7) is 0. The first-order valence-corrected chi connectivity index (χ1v) is 14.4. The van der Waals surface area contributed by atoms with Gasteiger partial charge in [0.1, 0.15) is 0 Å². The highest BCUT2D eigenvalue weighted by molar-refractivity contribution is 8.62. The van der Waals surface area contributed by atoms with E-state index in [0.29, 0.717) is 0 Å². The molecule has 62 valence electrons. The van der Waals surface area contributed by atoms with Gasteiger partial charge in [0.05, 0.1) is 0 Å². The van der Waals surface area contributed by atoms with Crippen LogP contribution in [0.15, 0.2) is 0 Å². The normalized spacial score (nSPS) is 14.4. The Balaban J connectivity index is 4.23. The maximum absolute atomic E-state index is 10.9. The molecule has 0 atom stereocenters. The molecule has 0 saturated carbocycles. The van der Waals surface area contributed by atoms with Crippen molar-refractivity contribution in [1.82, 2.24) is 0 Å². The van der Waals surface area contributed by atoms with E-state index in [-0.39, 0.29) is 0 Å². The van der Waals surface area contributed by atoms with Crippen LogP contribution in [0.5, 0.6) is 0 Å². The van der Waals surface area contributed by atoms with E-state index in [1.165, 1.54) is 0 Å². The van der Waals surface area contributed by atoms with Gasteiger partial charge in [-0.05, 0) is 0 Å². The van der Waals surface area contributed by atoms with E-state index in [1.807, 2.05) is 0 Å². The van der Waals surface area contributed by atoms with Crippen molar-refractivity contribution in [1.29, 1.82) is 0 Å². The lowest BCUT2D eigenvalue weighted by atomic mass is 15.9. The lowest BCUT2D eigenvalue weighted by molar-refractivity contribution is 0.619.